The monoisotopic (exact) mass is 294 g/mol. The average molecular weight is 294 g/mol. The van der Waals surface area contributed by atoms with E-state index in [0.29, 0.717) is 19.6 Å². The molecule has 3 nitrogen and oxygen atoms in total. The topological polar surface area (TPSA) is 36.3 Å². The maximum atomic E-state index is 8.91. The molecule has 0 aliphatic heterocycles. The van der Waals surface area contributed by atoms with Crippen LogP contribution in [0.3, 0.4) is 0 Å². The number of benzene rings is 2. The van der Waals surface area contributed by atoms with Crippen LogP contribution in [0.15, 0.2) is 54.6 Å². The molecule has 2 aromatic carbocycles. The summed E-state index contributed by atoms with van der Waals surface area (Å²) in [6, 6.07) is 20.7. The fraction of sp³-hybridized carbons (Fsp3) is 0.316. The van der Waals surface area contributed by atoms with Crippen LogP contribution < -0.4 is 9.64 Å². The Balaban J connectivity index is 2.13. The Hall–Kier alpha value is -2.47. The number of rotatable bonds is 8. The second-order valence-electron chi connectivity index (χ2n) is 5.03. The molecule has 0 aliphatic rings. The SMILES string of the molecule is CCOc1ccccc1N(CCC#N)CCc1ccccc1. The first-order chi connectivity index (χ1) is 10.8. The number of anilines is 1. The van der Waals surface area contributed by atoms with Gasteiger partial charge in [0.05, 0.1) is 24.8 Å². The van der Waals surface area contributed by atoms with Crippen molar-refractivity contribution in [1.82, 2.24) is 0 Å². The Labute approximate surface area is 132 Å². The van der Waals surface area contributed by atoms with Crippen molar-refractivity contribution < 1.29 is 4.74 Å². The molecule has 2 rings (SSSR count). The summed E-state index contributed by atoms with van der Waals surface area (Å²) in [5, 5.41) is 8.91. The largest absolute Gasteiger partial charge is 0.492 e. The van der Waals surface area contributed by atoms with Crippen molar-refractivity contribution in [2.75, 3.05) is 24.6 Å². The zero-order valence-corrected chi connectivity index (χ0v) is 13.0. The van der Waals surface area contributed by atoms with E-state index in [9.17, 15) is 0 Å². The van der Waals surface area contributed by atoms with E-state index in [-0.39, 0.29) is 0 Å². The van der Waals surface area contributed by atoms with Gasteiger partial charge in [0, 0.05) is 13.1 Å². The molecular formula is C19H22N2O. The van der Waals surface area contributed by atoms with Crippen LogP contribution in [-0.2, 0) is 6.42 Å². The third-order valence-electron chi connectivity index (χ3n) is 3.51. The highest BCUT2D eigenvalue weighted by Crippen LogP contribution is 2.28. The highest BCUT2D eigenvalue weighted by molar-refractivity contribution is 5.58. The lowest BCUT2D eigenvalue weighted by molar-refractivity contribution is 0.340. The molecule has 0 N–H and O–H groups in total. The molecule has 22 heavy (non-hydrogen) atoms. The van der Waals surface area contributed by atoms with Crippen molar-refractivity contribution in [2.24, 2.45) is 0 Å². The van der Waals surface area contributed by atoms with Gasteiger partial charge in [-0.1, -0.05) is 42.5 Å². The van der Waals surface area contributed by atoms with Gasteiger partial charge in [-0.15, -0.1) is 0 Å². The van der Waals surface area contributed by atoms with Crippen molar-refractivity contribution in [3.63, 3.8) is 0 Å². The summed E-state index contributed by atoms with van der Waals surface area (Å²) in [4.78, 5) is 2.24. The number of nitriles is 1. The minimum Gasteiger partial charge on any atom is -0.492 e. The van der Waals surface area contributed by atoms with Crippen LogP contribution in [-0.4, -0.2) is 19.7 Å². The van der Waals surface area contributed by atoms with Gasteiger partial charge in [0.2, 0.25) is 0 Å². The summed E-state index contributed by atoms with van der Waals surface area (Å²) in [5.74, 6) is 0.885. The highest BCUT2D eigenvalue weighted by Gasteiger charge is 2.11. The van der Waals surface area contributed by atoms with E-state index in [1.807, 2.05) is 31.2 Å². The van der Waals surface area contributed by atoms with Crippen molar-refractivity contribution in [2.45, 2.75) is 19.8 Å². The predicted octanol–water partition coefficient (Wildman–Crippen LogP) is 4.05. The molecule has 0 aromatic heterocycles. The van der Waals surface area contributed by atoms with Crippen LogP contribution in [0.5, 0.6) is 5.75 Å². The van der Waals surface area contributed by atoms with Crippen molar-refractivity contribution in [3.05, 3.63) is 60.2 Å². The second kappa shape index (κ2) is 8.74. The van der Waals surface area contributed by atoms with Gasteiger partial charge in [-0.25, -0.2) is 0 Å². The number of hydrogen-bond acceptors (Lipinski definition) is 3. The Bertz CT molecular complexity index is 604. The van der Waals surface area contributed by atoms with Crippen LogP contribution in [0.1, 0.15) is 18.9 Å². The number of hydrogen-bond donors (Lipinski definition) is 0. The van der Waals surface area contributed by atoms with Crippen LogP contribution in [0.2, 0.25) is 0 Å². The van der Waals surface area contributed by atoms with Crippen molar-refractivity contribution >= 4 is 5.69 Å². The molecule has 0 saturated carbocycles. The Morgan fingerprint density at radius 1 is 1.00 bits per heavy atom. The summed E-state index contributed by atoms with van der Waals surface area (Å²) in [6.07, 6.45) is 1.46. The van der Waals surface area contributed by atoms with Crippen LogP contribution >= 0.6 is 0 Å². The fourth-order valence-corrected chi connectivity index (χ4v) is 2.44. The van der Waals surface area contributed by atoms with E-state index >= 15 is 0 Å². The average Bonchev–Trinajstić information content (AvgIpc) is 2.57. The van der Waals surface area contributed by atoms with E-state index in [1.165, 1.54) is 5.56 Å². The third kappa shape index (κ3) is 4.53. The van der Waals surface area contributed by atoms with Gasteiger partial charge in [-0.05, 0) is 31.0 Å². The van der Waals surface area contributed by atoms with Gasteiger partial charge >= 0.3 is 0 Å². The summed E-state index contributed by atoms with van der Waals surface area (Å²) in [7, 11) is 0. The van der Waals surface area contributed by atoms with Gasteiger partial charge in [0.1, 0.15) is 5.75 Å². The van der Waals surface area contributed by atoms with Gasteiger partial charge < -0.3 is 9.64 Å². The zero-order chi connectivity index (χ0) is 15.6. The van der Waals surface area contributed by atoms with Gasteiger partial charge in [-0.3, -0.25) is 0 Å². The van der Waals surface area contributed by atoms with Crippen LogP contribution in [0.25, 0.3) is 0 Å². The summed E-state index contributed by atoms with van der Waals surface area (Å²) in [6.45, 7) is 4.21. The van der Waals surface area contributed by atoms with Crippen LogP contribution in [0.4, 0.5) is 5.69 Å². The summed E-state index contributed by atoms with van der Waals surface area (Å²) in [5.41, 5.74) is 2.37. The van der Waals surface area contributed by atoms with Gasteiger partial charge in [0.25, 0.3) is 0 Å². The smallest absolute Gasteiger partial charge is 0.142 e. The van der Waals surface area contributed by atoms with E-state index < -0.39 is 0 Å². The van der Waals surface area contributed by atoms with Crippen molar-refractivity contribution in [3.8, 4) is 11.8 Å². The maximum absolute atomic E-state index is 8.91. The van der Waals surface area contributed by atoms with E-state index in [1.54, 1.807) is 0 Å². The molecule has 0 atom stereocenters. The lowest BCUT2D eigenvalue weighted by atomic mass is 10.1. The molecule has 114 valence electrons. The number of nitrogens with zero attached hydrogens (tertiary/aromatic N) is 2. The number of ether oxygens (including phenoxy) is 1. The molecule has 0 radical (unpaired) electrons. The molecule has 0 aliphatic carbocycles. The molecule has 0 heterocycles. The van der Waals surface area contributed by atoms with Crippen molar-refractivity contribution in [1.29, 1.82) is 5.26 Å². The molecule has 0 amide bonds. The molecule has 3 heteroatoms. The lowest BCUT2D eigenvalue weighted by Crippen LogP contribution is -2.27. The molecule has 0 bridgehead atoms. The number of para-hydroxylation sites is 2. The van der Waals surface area contributed by atoms with Gasteiger partial charge in [-0.2, -0.15) is 5.26 Å². The van der Waals surface area contributed by atoms with Crippen LogP contribution in [0, 0.1) is 11.3 Å². The summed E-state index contributed by atoms with van der Waals surface area (Å²) >= 11 is 0. The summed E-state index contributed by atoms with van der Waals surface area (Å²) < 4.78 is 5.73. The highest BCUT2D eigenvalue weighted by atomic mass is 16.5. The quantitative estimate of drug-likeness (QED) is 0.737. The molecule has 2 aromatic rings. The maximum Gasteiger partial charge on any atom is 0.142 e. The zero-order valence-electron chi connectivity index (χ0n) is 13.0. The predicted molar refractivity (Wildman–Crippen MR) is 90.2 cm³/mol. The fourth-order valence-electron chi connectivity index (χ4n) is 2.44. The third-order valence-corrected chi connectivity index (χ3v) is 3.51. The molecule has 0 spiro atoms. The van der Waals surface area contributed by atoms with E-state index in [4.69, 9.17) is 10.00 Å². The lowest BCUT2D eigenvalue weighted by Gasteiger charge is -2.26. The first-order valence-corrected chi connectivity index (χ1v) is 7.72. The van der Waals surface area contributed by atoms with Gasteiger partial charge in [0.15, 0.2) is 0 Å². The first kappa shape index (κ1) is 15.9. The second-order valence-corrected chi connectivity index (χ2v) is 5.03. The normalized spacial score (nSPS) is 10.0. The Morgan fingerprint density at radius 3 is 2.45 bits per heavy atom. The standard InChI is InChI=1S/C19H22N2O/c1-2-22-19-12-7-6-11-18(19)21(15-8-14-20)16-13-17-9-4-3-5-10-17/h3-7,9-12H,2,8,13,15-16H2,1H3. The molecular weight excluding hydrogens is 272 g/mol. The van der Waals surface area contributed by atoms with E-state index in [0.717, 1.165) is 24.4 Å². The van der Waals surface area contributed by atoms with E-state index in [2.05, 4.69) is 41.3 Å². The minimum absolute atomic E-state index is 0.509. The Morgan fingerprint density at radius 2 is 1.73 bits per heavy atom. The molecule has 0 unspecified atom stereocenters. The minimum atomic E-state index is 0.509. The Kier molecular flexibility index (Phi) is 6.32. The first-order valence-electron chi connectivity index (χ1n) is 7.72. The molecule has 0 saturated heterocycles. The molecule has 0 fully saturated rings.